The Balaban J connectivity index is 1.04. The van der Waals surface area contributed by atoms with Gasteiger partial charge in [-0.05, 0) is 43.1 Å². The molecule has 1 N–H and O–H groups in total. The van der Waals surface area contributed by atoms with Gasteiger partial charge in [0.25, 0.3) is 0 Å². The number of benzene rings is 2. The third-order valence-corrected chi connectivity index (χ3v) is 7.33. The van der Waals surface area contributed by atoms with Crippen molar-refractivity contribution in [3.8, 4) is 34.0 Å². The molecule has 0 unspecified atom stereocenters. The largest absolute Gasteiger partial charge is 0.299 e. The Morgan fingerprint density at radius 3 is 2.38 bits per heavy atom. The Bertz CT molecular complexity index is 1680. The molecular formula is C30H27N9. The van der Waals surface area contributed by atoms with E-state index in [9.17, 15) is 0 Å². The summed E-state index contributed by atoms with van der Waals surface area (Å²) < 4.78 is 1.97. The molecule has 6 aromatic rings. The zero-order valence-electron chi connectivity index (χ0n) is 21.4. The van der Waals surface area contributed by atoms with E-state index < -0.39 is 0 Å². The minimum absolute atomic E-state index is 0.345. The van der Waals surface area contributed by atoms with Gasteiger partial charge in [0.2, 0.25) is 5.78 Å². The van der Waals surface area contributed by atoms with Crippen LogP contribution in [0.5, 0.6) is 0 Å². The molecule has 1 aliphatic rings. The van der Waals surface area contributed by atoms with E-state index in [2.05, 4.69) is 89.8 Å². The smallest absolute Gasteiger partial charge is 0.234 e. The topological polar surface area (TPSA) is 101 Å². The molecular weight excluding hydrogens is 486 g/mol. The number of fused-ring (bicyclic) bond motifs is 1. The lowest BCUT2D eigenvalue weighted by molar-refractivity contribution is 0.202. The first-order chi connectivity index (χ1) is 19.3. The number of H-pyrrole nitrogens is 1. The molecule has 5 heterocycles. The van der Waals surface area contributed by atoms with Crippen LogP contribution in [0, 0.1) is 0 Å². The first-order valence-corrected chi connectivity index (χ1v) is 13.2. The molecule has 7 rings (SSSR count). The average molecular weight is 514 g/mol. The highest BCUT2D eigenvalue weighted by atomic mass is 15.2. The fraction of sp³-hybridized carbons (Fsp3) is 0.200. The van der Waals surface area contributed by atoms with Crippen LogP contribution in [-0.4, -0.2) is 57.5 Å². The van der Waals surface area contributed by atoms with Gasteiger partial charge in [0.1, 0.15) is 0 Å². The zero-order chi connectivity index (χ0) is 26.0. The van der Waals surface area contributed by atoms with Gasteiger partial charge < -0.3 is 0 Å². The first kappa shape index (κ1) is 23.4. The maximum Gasteiger partial charge on any atom is 0.234 e. The molecule has 192 valence electrons. The number of rotatable bonds is 6. The quantitative estimate of drug-likeness (QED) is 0.334. The summed E-state index contributed by atoms with van der Waals surface area (Å²) in [4.78, 5) is 25.0. The number of imidazole rings is 1. The van der Waals surface area contributed by atoms with Gasteiger partial charge in [0.15, 0.2) is 17.5 Å². The molecule has 0 amide bonds. The predicted molar refractivity (Wildman–Crippen MR) is 149 cm³/mol. The first-order valence-electron chi connectivity index (χ1n) is 13.2. The molecule has 9 nitrogen and oxygen atoms in total. The van der Waals surface area contributed by atoms with E-state index in [-0.39, 0.29) is 0 Å². The average Bonchev–Trinajstić information content (AvgIpc) is 3.68. The van der Waals surface area contributed by atoms with Gasteiger partial charge >= 0.3 is 0 Å². The number of nitrogens with zero attached hydrogens (tertiary/aromatic N) is 8. The lowest BCUT2D eigenvalue weighted by Crippen LogP contribution is -2.32. The summed E-state index contributed by atoms with van der Waals surface area (Å²) >= 11 is 0. The SMILES string of the molecule is c1ccc(-c2cn3ccnc3nc2-c2ccc(CN3CCC(c4n[nH]c(-c5ncccn5)n4)CC3)cc2)cc1. The van der Waals surface area contributed by atoms with Crippen molar-refractivity contribution < 1.29 is 0 Å². The van der Waals surface area contributed by atoms with Crippen molar-refractivity contribution >= 4 is 5.78 Å². The minimum Gasteiger partial charge on any atom is -0.299 e. The fourth-order valence-corrected chi connectivity index (χ4v) is 5.26. The number of aromatic amines is 1. The standard InChI is InChI=1S/C30H27N9/c1-2-5-22(6-3-1)25-20-39-18-15-33-30(39)34-26(25)23-9-7-21(8-10-23)19-38-16-11-24(12-17-38)27-35-29(37-36-27)28-31-13-4-14-32-28/h1-10,13-15,18,20,24H,11-12,16-17,19H2,(H,35,36,37). The van der Waals surface area contributed by atoms with Gasteiger partial charge in [0.05, 0.1) is 5.69 Å². The maximum atomic E-state index is 4.90. The Morgan fingerprint density at radius 2 is 1.59 bits per heavy atom. The lowest BCUT2D eigenvalue weighted by Gasteiger charge is -2.30. The molecule has 0 aliphatic carbocycles. The zero-order valence-corrected chi connectivity index (χ0v) is 21.4. The van der Waals surface area contributed by atoms with E-state index >= 15 is 0 Å². The molecule has 0 spiro atoms. The van der Waals surface area contributed by atoms with Crippen LogP contribution in [-0.2, 0) is 6.54 Å². The van der Waals surface area contributed by atoms with E-state index in [4.69, 9.17) is 4.98 Å². The number of nitrogens with one attached hydrogen (secondary N) is 1. The number of likely N-dealkylation sites (tertiary alicyclic amines) is 1. The van der Waals surface area contributed by atoms with Crippen LogP contribution in [0.1, 0.15) is 30.1 Å². The third kappa shape index (κ3) is 4.80. The second kappa shape index (κ2) is 10.2. The van der Waals surface area contributed by atoms with Crippen molar-refractivity contribution in [3.05, 3.63) is 103 Å². The molecule has 1 fully saturated rings. The molecule has 0 radical (unpaired) electrons. The highest BCUT2D eigenvalue weighted by Crippen LogP contribution is 2.32. The molecule has 0 atom stereocenters. The van der Waals surface area contributed by atoms with Gasteiger partial charge in [0, 0.05) is 54.6 Å². The molecule has 4 aromatic heterocycles. The van der Waals surface area contributed by atoms with Crippen molar-refractivity contribution in [2.24, 2.45) is 0 Å². The van der Waals surface area contributed by atoms with Gasteiger partial charge in [-0.15, -0.1) is 0 Å². The summed E-state index contributed by atoms with van der Waals surface area (Å²) in [5.74, 6) is 3.11. The molecule has 1 saturated heterocycles. The number of aromatic nitrogens is 8. The monoisotopic (exact) mass is 513 g/mol. The van der Waals surface area contributed by atoms with Gasteiger partial charge in [-0.3, -0.25) is 14.4 Å². The second-order valence-corrected chi connectivity index (χ2v) is 9.87. The highest BCUT2D eigenvalue weighted by Gasteiger charge is 2.24. The molecule has 2 aromatic carbocycles. The van der Waals surface area contributed by atoms with Crippen LogP contribution in [0.15, 0.2) is 91.6 Å². The predicted octanol–water partition coefficient (Wildman–Crippen LogP) is 5.02. The van der Waals surface area contributed by atoms with Crippen LogP contribution in [0.25, 0.3) is 39.8 Å². The number of piperidine rings is 1. The van der Waals surface area contributed by atoms with Crippen LogP contribution >= 0.6 is 0 Å². The summed E-state index contributed by atoms with van der Waals surface area (Å²) in [7, 11) is 0. The molecule has 0 saturated carbocycles. The Labute approximate surface area is 225 Å². The summed E-state index contributed by atoms with van der Waals surface area (Å²) in [6, 6.07) is 21.0. The van der Waals surface area contributed by atoms with Crippen molar-refractivity contribution in [2.45, 2.75) is 25.3 Å². The summed E-state index contributed by atoms with van der Waals surface area (Å²) in [5.41, 5.74) is 5.55. The Kier molecular flexibility index (Phi) is 6.10. The number of hydrogen-bond donors (Lipinski definition) is 1. The minimum atomic E-state index is 0.345. The van der Waals surface area contributed by atoms with E-state index in [1.54, 1.807) is 24.7 Å². The van der Waals surface area contributed by atoms with E-state index in [0.29, 0.717) is 23.3 Å². The highest BCUT2D eigenvalue weighted by molar-refractivity contribution is 5.81. The maximum absolute atomic E-state index is 4.90. The van der Waals surface area contributed by atoms with Crippen molar-refractivity contribution in [2.75, 3.05) is 13.1 Å². The van der Waals surface area contributed by atoms with E-state index in [1.807, 2.05) is 16.7 Å². The molecule has 0 bridgehead atoms. The molecule has 39 heavy (non-hydrogen) atoms. The lowest BCUT2D eigenvalue weighted by atomic mass is 9.95. The summed E-state index contributed by atoms with van der Waals surface area (Å²) in [6.45, 7) is 2.94. The normalized spacial score (nSPS) is 14.7. The fourth-order valence-electron chi connectivity index (χ4n) is 5.26. The Morgan fingerprint density at radius 1 is 0.795 bits per heavy atom. The van der Waals surface area contributed by atoms with Crippen molar-refractivity contribution in [3.63, 3.8) is 0 Å². The molecule has 1 aliphatic heterocycles. The van der Waals surface area contributed by atoms with Crippen LogP contribution < -0.4 is 0 Å². The van der Waals surface area contributed by atoms with Crippen molar-refractivity contribution in [1.82, 2.24) is 44.4 Å². The van der Waals surface area contributed by atoms with Gasteiger partial charge in [-0.25, -0.2) is 24.9 Å². The summed E-state index contributed by atoms with van der Waals surface area (Å²) in [5, 5.41) is 7.46. The summed E-state index contributed by atoms with van der Waals surface area (Å²) in [6.07, 6.45) is 11.3. The van der Waals surface area contributed by atoms with Crippen LogP contribution in [0.2, 0.25) is 0 Å². The third-order valence-electron chi connectivity index (χ3n) is 7.33. The van der Waals surface area contributed by atoms with Crippen LogP contribution in [0.4, 0.5) is 0 Å². The van der Waals surface area contributed by atoms with E-state index in [0.717, 1.165) is 60.7 Å². The molecule has 9 heteroatoms. The van der Waals surface area contributed by atoms with Crippen molar-refractivity contribution in [1.29, 1.82) is 0 Å². The Hall–Kier alpha value is -4.76. The van der Waals surface area contributed by atoms with Crippen LogP contribution in [0.3, 0.4) is 0 Å². The van der Waals surface area contributed by atoms with Gasteiger partial charge in [-0.2, -0.15) is 5.10 Å². The van der Waals surface area contributed by atoms with E-state index in [1.165, 1.54) is 5.56 Å². The van der Waals surface area contributed by atoms with Gasteiger partial charge in [-0.1, -0.05) is 54.6 Å². The second-order valence-electron chi connectivity index (χ2n) is 9.87. The number of hydrogen-bond acceptors (Lipinski definition) is 7.